The van der Waals surface area contributed by atoms with Gasteiger partial charge in [-0.15, -0.1) is 0 Å². The van der Waals surface area contributed by atoms with Gasteiger partial charge in [0.1, 0.15) is 11.6 Å². The summed E-state index contributed by atoms with van der Waals surface area (Å²) in [6, 6.07) is 3.72. The van der Waals surface area contributed by atoms with Crippen molar-refractivity contribution < 1.29 is 8.78 Å². The van der Waals surface area contributed by atoms with Crippen molar-refractivity contribution in [2.45, 2.75) is 51.1 Å². The quantitative estimate of drug-likeness (QED) is 0.830. The van der Waals surface area contributed by atoms with E-state index in [1.807, 2.05) is 6.92 Å². The fourth-order valence-electron chi connectivity index (χ4n) is 2.60. The Hall–Kier alpha value is -1.23. The van der Waals surface area contributed by atoms with Gasteiger partial charge in [-0.3, -0.25) is 0 Å². The van der Waals surface area contributed by atoms with Crippen molar-refractivity contribution in [3.05, 3.63) is 35.4 Å². The number of thiocarbonyl (C=S) groups is 1. The summed E-state index contributed by atoms with van der Waals surface area (Å²) in [5, 5.41) is 6.87. The van der Waals surface area contributed by atoms with Gasteiger partial charge in [0.05, 0.1) is 6.04 Å². The average molecular weight is 298 g/mol. The van der Waals surface area contributed by atoms with Crippen LogP contribution in [0.25, 0.3) is 0 Å². The van der Waals surface area contributed by atoms with Crippen molar-refractivity contribution in [2.75, 3.05) is 0 Å². The van der Waals surface area contributed by atoms with Crippen molar-refractivity contribution >= 4 is 17.3 Å². The minimum atomic E-state index is -0.568. The predicted molar refractivity (Wildman–Crippen MR) is 80.5 cm³/mol. The number of nitrogens with one attached hydrogen (secondary N) is 2. The molecule has 110 valence electrons. The van der Waals surface area contributed by atoms with Gasteiger partial charge >= 0.3 is 0 Å². The SMILES string of the molecule is C[C@@H](NC(=S)NC1CCCCC1)c1ccc(F)cc1F. The molecule has 0 spiro atoms. The highest BCUT2D eigenvalue weighted by atomic mass is 32.1. The second-order valence-corrected chi connectivity index (χ2v) is 5.75. The number of hydrogen-bond donors (Lipinski definition) is 2. The number of rotatable bonds is 3. The van der Waals surface area contributed by atoms with E-state index < -0.39 is 11.6 Å². The molecule has 0 saturated heterocycles. The molecule has 1 atom stereocenters. The maximum absolute atomic E-state index is 13.7. The van der Waals surface area contributed by atoms with Gasteiger partial charge in [0.15, 0.2) is 5.11 Å². The van der Waals surface area contributed by atoms with Crippen LogP contribution in [0.2, 0.25) is 0 Å². The molecule has 2 rings (SSSR count). The first-order valence-corrected chi connectivity index (χ1v) is 7.49. The van der Waals surface area contributed by atoms with Crippen LogP contribution in [0.5, 0.6) is 0 Å². The van der Waals surface area contributed by atoms with E-state index in [4.69, 9.17) is 12.2 Å². The summed E-state index contributed by atoms with van der Waals surface area (Å²) < 4.78 is 26.6. The second kappa shape index (κ2) is 6.97. The highest BCUT2D eigenvalue weighted by Gasteiger charge is 2.16. The van der Waals surface area contributed by atoms with E-state index in [1.165, 1.54) is 31.4 Å². The lowest BCUT2D eigenvalue weighted by atomic mass is 9.96. The zero-order valence-corrected chi connectivity index (χ0v) is 12.4. The summed E-state index contributed by atoms with van der Waals surface area (Å²) in [7, 11) is 0. The number of benzene rings is 1. The highest BCUT2D eigenvalue weighted by molar-refractivity contribution is 7.80. The van der Waals surface area contributed by atoms with Crippen LogP contribution in [0.15, 0.2) is 18.2 Å². The summed E-state index contributed by atoms with van der Waals surface area (Å²) in [6.07, 6.45) is 5.99. The van der Waals surface area contributed by atoms with E-state index >= 15 is 0 Å². The van der Waals surface area contributed by atoms with Gasteiger partial charge < -0.3 is 10.6 Å². The maximum atomic E-state index is 13.7. The van der Waals surface area contributed by atoms with Gasteiger partial charge in [0, 0.05) is 17.7 Å². The van der Waals surface area contributed by atoms with Crippen LogP contribution in [0.3, 0.4) is 0 Å². The molecule has 0 heterocycles. The van der Waals surface area contributed by atoms with Gasteiger partial charge in [-0.05, 0) is 38.0 Å². The van der Waals surface area contributed by atoms with E-state index in [0.717, 1.165) is 18.9 Å². The van der Waals surface area contributed by atoms with Crippen LogP contribution in [0.4, 0.5) is 8.78 Å². The number of hydrogen-bond acceptors (Lipinski definition) is 1. The van der Waals surface area contributed by atoms with Gasteiger partial charge in [-0.1, -0.05) is 25.3 Å². The molecular formula is C15H20F2N2S. The summed E-state index contributed by atoms with van der Waals surface area (Å²) in [5.74, 6) is -1.12. The lowest BCUT2D eigenvalue weighted by molar-refractivity contribution is 0.410. The van der Waals surface area contributed by atoms with Gasteiger partial charge in [-0.25, -0.2) is 8.78 Å². The van der Waals surface area contributed by atoms with Crippen LogP contribution >= 0.6 is 12.2 Å². The zero-order chi connectivity index (χ0) is 14.5. The summed E-state index contributed by atoms with van der Waals surface area (Å²) >= 11 is 5.26. The summed E-state index contributed by atoms with van der Waals surface area (Å²) in [4.78, 5) is 0. The van der Waals surface area contributed by atoms with Crippen LogP contribution in [-0.2, 0) is 0 Å². The van der Waals surface area contributed by atoms with E-state index in [-0.39, 0.29) is 6.04 Å². The molecule has 1 fully saturated rings. The minimum absolute atomic E-state index is 0.292. The fourth-order valence-corrected chi connectivity index (χ4v) is 2.94. The van der Waals surface area contributed by atoms with Crippen molar-refractivity contribution in [1.82, 2.24) is 10.6 Å². The fraction of sp³-hybridized carbons (Fsp3) is 0.533. The van der Waals surface area contributed by atoms with Crippen molar-refractivity contribution in [3.63, 3.8) is 0 Å². The van der Waals surface area contributed by atoms with Crippen LogP contribution in [0.1, 0.15) is 50.6 Å². The van der Waals surface area contributed by atoms with Crippen LogP contribution < -0.4 is 10.6 Å². The van der Waals surface area contributed by atoms with Crippen molar-refractivity contribution in [1.29, 1.82) is 0 Å². The van der Waals surface area contributed by atoms with Gasteiger partial charge in [-0.2, -0.15) is 0 Å². The van der Waals surface area contributed by atoms with Gasteiger partial charge in [0.25, 0.3) is 0 Å². The molecular weight excluding hydrogens is 278 g/mol. The highest BCUT2D eigenvalue weighted by Crippen LogP contribution is 2.19. The molecule has 0 unspecified atom stereocenters. The molecule has 0 radical (unpaired) electrons. The Morgan fingerprint density at radius 1 is 1.25 bits per heavy atom. The molecule has 2 nitrogen and oxygen atoms in total. The topological polar surface area (TPSA) is 24.1 Å². The Bertz CT molecular complexity index is 473. The van der Waals surface area contributed by atoms with E-state index in [0.29, 0.717) is 16.7 Å². The lowest BCUT2D eigenvalue weighted by Crippen LogP contribution is -2.43. The predicted octanol–water partition coefficient (Wildman–Crippen LogP) is 3.82. The molecule has 20 heavy (non-hydrogen) atoms. The normalized spacial score (nSPS) is 17.6. The van der Waals surface area contributed by atoms with Gasteiger partial charge in [0.2, 0.25) is 0 Å². The molecule has 1 aliphatic rings. The standard InChI is InChI=1S/C15H20F2N2S/c1-10(13-8-7-11(16)9-14(13)17)18-15(20)19-12-5-3-2-4-6-12/h7-10,12H,2-6H2,1H3,(H2,18,19,20)/t10-/m1/s1. The molecule has 0 aromatic heterocycles. The van der Waals surface area contributed by atoms with E-state index in [2.05, 4.69) is 10.6 Å². The molecule has 0 bridgehead atoms. The summed E-state index contributed by atoms with van der Waals surface area (Å²) in [5.41, 5.74) is 0.416. The zero-order valence-electron chi connectivity index (χ0n) is 11.6. The molecule has 1 aliphatic carbocycles. The van der Waals surface area contributed by atoms with E-state index in [1.54, 1.807) is 0 Å². The third-order valence-electron chi connectivity index (χ3n) is 3.72. The molecule has 1 aromatic rings. The molecule has 2 N–H and O–H groups in total. The van der Waals surface area contributed by atoms with Crippen LogP contribution in [-0.4, -0.2) is 11.2 Å². The molecule has 1 saturated carbocycles. The minimum Gasteiger partial charge on any atom is -0.360 e. The Kier molecular flexibility index (Phi) is 5.29. The van der Waals surface area contributed by atoms with Crippen LogP contribution in [0, 0.1) is 11.6 Å². The Labute approximate surface area is 123 Å². The third-order valence-corrected chi connectivity index (χ3v) is 3.95. The molecule has 5 heteroatoms. The molecule has 1 aromatic carbocycles. The largest absolute Gasteiger partial charge is 0.360 e. The maximum Gasteiger partial charge on any atom is 0.166 e. The summed E-state index contributed by atoms with van der Waals surface area (Å²) in [6.45, 7) is 1.81. The second-order valence-electron chi connectivity index (χ2n) is 5.34. The first-order chi connectivity index (χ1) is 9.56. The Balaban J connectivity index is 1.89. The molecule has 0 amide bonds. The number of halogens is 2. The van der Waals surface area contributed by atoms with E-state index in [9.17, 15) is 8.78 Å². The smallest absolute Gasteiger partial charge is 0.166 e. The first kappa shape index (κ1) is 15.2. The van der Waals surface area contributed by atoms with Crippen molar-refractivity contribution in [3.8, 4) is 0 Å². The monoisotopic (exact) mass is 298 g/mol. The molecule has 0 aliphatic heterocycles. The Morgan fingerprint density at radius 2 is 1.95 bits per heavy atom. The Morgan fingerprint density at radius 3 is 2.60 bits per heavy atom. The lowest BCUT2D eigenvalue weighted by Gasteiger charge is -2.26. The third kappa shape index (κ3) is 4.13. The van der Waals surface area contributed by atoms with Crippen molar-refractivity contribution in [2.24, 2.45) is 0 Å². The average Bonchev–Trinajstić information content (AvgIpc) is 2.39. The first-order valence-electron chi connectivity index (χ1n) is 7.08.